The lowest BCUT2D eigenvalue weighted by Crippen LogP contribution is -2.19. The summed E-state index contributed by atoms with van der Waals surface area (Å²) in [6.45, 7) is 2.00. The van der Waals surface area contributed by atoms with Crippen LogP contribution in [0.3, 0.4) is 0 Å². The fraction of sp³-hybridized carbons (Fsp3) is 0.167. The first-order chi connectivity index (χ1) is 12.0. The molecule has 1 aromatic heterocycles. The van der Waals surface area contributed by atoms with E-state index in [4.69, 9.17) is 0 Å². The molecule has 7 heteroatoms. The summed E-state index contributed by atoms with van der Waals surface area (Å²) in [4.78, 5) is 23.6. The number of urea groups is 1. The Hall–Kier alpha value is -3.35. The number of aromatic nitrogens is 2. The van der Waals surface area contributed by atoms with Crippen LogP contribution in [-0.4, -0.2) is 21.7 Å². The van der Waals surface area contributed by atoms with Crippen LogP contribution in [0, 0.1) is 6.92 Å². The molecule has 0 spiro atoms. The number of nitrogens with zero attached hydrogens (tertiary/aromatic N) is 2. The van der Waals surface area contributed by atoms with Crippen LogP contribution in [0.5, 0.6) is 0 Å². The molecule has 0 fully saturated rings. The Balaban J connectivity index is 1.49. The van der Waals surface area contributed by atoms with Crippen LogP contribution < -0.4 is 16.0 Å². The number of hydrogen-bond acceptors (Lipinski definition) is 3. The van der Waals surface area contributed by atoms with Crippen molar-refractivity contribution in [3.05, 3.63) is 47.7 Å². The SMILES string of the molecule is Cc1c2ccc(NC(=O)Nc3ccc4c(c3)CC(=O)N4)cc2nn1C. The largest absolute Gasteiger partial charge is 0.326 e. The number of hydrogen-bond donors (Lipinski definition) is 3. The van der Waals surface area contributed by atoms with Crippen LogP contribution in [-0.2, 0) is 18.3 Å². The van der Waals surface area contributed by atoms with E-state index in [2.05, 4.69) is 21.0 Å². The number of nitrogens with one attached hydrogen (secondary N) is 3. The van der Waals surface area contributed by atoms with Crippen LogP contribution in [0.1, 0.15) is 11.3 Å². The molecule has 0 bridgehead atoms. The first-order valence-corrected chi connectivity index (χ1v) is 7.94. The van der Waals surface area contributed by atoms with E-state index in [0.717, 1.165) is 27.8 Å². The molecule has 3 amide bonds. The Bertz CT molecular complexity index is 1020. The number of aryl methyl sites for hydroxylation is 2. The molecule has 0 atom stereocenters. The molecule has 7 nitrogen and oxygen atoms in total. The van der Waals surface area contributed by atoms with Crippen molar-refractivity contribution in [2.45, 2.75) is 13.3 Å². The molecule has 0 saturated carbocycles. The van der Waals surface area contributed by atoms with E-state index < -0.39 is 0 Å². The number of carbonyl (C=O) groups is 2. The Morgan fingerprint density at radius 2 is 1.88 bits per heavy atom. The van der Waals surface area contributed by atoms with Crippen LogP contribution >= 0.6 is 0 Å². The maximum atomic E-state index is 12.2. The molecule has 3 aromatic rings. The fourth-order valence-corrected chi connectivity index (χ4v) is 3.01. The van der Waals surface area contributed by atoms with Crippen LogP contribution in [0.2, 0.25) is 0 Å². The monoisotopic (exact) mass is 335 g/mol. The standard InChI is InChI=1S/C18H17N5O2/c1-10-14-5-3-13(9-16(14)22-23(10)2)20-18(25)19-12-4-6-15-11(7-12)8-17(24)21-15/h3-7,9H,8H2,1-2H3,(H,21,24)(H2,19,20,25). The average molecular weight is 335 g/mol. The Morgan fingerprint density at radius 1 is 1.16 bits per heavy atom. The van der Waals surface area contributed by atoms with E-state index in [-0.39, 0.29) is 11.9 Å². The zero-order valence-corrected chi connectivity index (χ0v) is 13.9. The van der Waals surface area contributed by atoms with Crippen molar-refractivity contribution >= 4 is 39.9 Å². The van der Waals surface area contributed by atoms with E-state index in [9.17, 15) is 9.59 Å². The summed E-state index contributed by atoms with van der Waals surface area (Å²) in [5.41, 5.74) is 4.90. The van der Waals surface area contributed by atoms with Gasteiger partial charge in [0, 0.05) is 35.2 Å². The number of fused-ring (bicyclic) bond motifs is 2. The number of rotatable bonds is 2. The van der Waals surface area contributed by atoms with Gasteiger partial charge >= 0.3 is 6.03 Å². The first-order valence-electron chi connectivity index (χ1n) is 7.94. The molecule has 0 unspecified atom stereocenters. The molecule has 2 aromatic carbocycles. The van der Waals surface area contributed by atoms with Gasteiger partial charge < -0.3 is 16.0 Å². The molecule has 0 radical (unpaired) electrons. The van der Waals surface area contributed by atoms with Crippen molar-refractivity contribution < 1.29 is 9.59 Å². The van der Waals surface area contributed by atoms with Gasteiger partial charge in [0.2, 0.25) is 5.91 Å². The summed E-state index contributed by atoms with van der Waals surface area (Å²) in [5.74, 6) is -0.0319. The summed E-state index contributed by atoms with van der Waals surface area (Å²) in [6, 6.07) is 10.6. The Morgan fingerprint density at radius 3 is 2.68 bits per heavy atom. The number of carbonyl (C=O) groups excluding carboxylic acids is 2. The highest BCUT2D eigenvalue weighted by Gasteiger charge is 2.18. The summed E-state index contributed by atoms with van der Waals surface area (Å²) in [7, 11) is 1.89. The quantitative estimate of drug-likeness (QED) is 0.672. The summed E-state index contributed by atoms with van der Waals surface area (Å²) in [5, 5.41) is 13.8. The molecule has 3 N–H and O–H groups in total. The van der Waals surface area contributed by atoms with Gasteiger partial charge in [-0.15, -0.1) is 0 Å². The van der Waals surface area contributed by atoms with Crippen LogP contribution in [0.15, 0.2) is 36.4 Å². The second kappa shape index (κ2) is 5.62. The van der Waals surface area contributed by atoms with Gasteiger partial charge in [-0.25, -0.2) is 4.79 Å². The highest BCUT2D eigenvalue weighted by molar-refractivity contribution is 6.03. The highest BCUT2D eigenvalue weighted by atomic mass is 16.2. The van der Waals surface area contributed by atoms with E-state index in [1.165, 1.54) is 0 Å². The lowest BCUT2D eigenvalue weighted by Gasteiger charge is -2.09. The van der Waals surface area contributed by atoms with Crippen molar-refractivity contribution in [3.63, 3.8) is 0 Å². The number of benzene rings is 2. The topological polar surface area (TPSA) is 88.1 Å². The summed E-state index contributed by atoms with van der Waals surface area (Å²) < 4.78 is 1.81. The van der Waals surface area contributed by atoms with Crippen LogP contribution in [0.25, 0.3) is 10.9 Å². The van der Waals surface area contributed by atoms with Gasteiger partial charge in [-0.1, -0.05) is 0 Å². The minimum atomic E-state index is -0.343. The van der Waals surface area contributed by atoms with Gasteiger partial charge in [0.15, 0.2) is 0 Å². The normalized spacial score (nSPS) is 12.8. The molecule has 2 heterocycles. The van der Waals surface area contributed by atoms with E-state index in [1.54, 1.807) is 18.2 Å². The van der Waals surface area contributed by atoms with Gasteiger partial charge in [0.05, 0.1) is 11.9 Å². The predicted molar refractivity (Wildman–Crippen MR) is 96.9 cm³/mol. The van der Waals surface area contributed by atoms with Gasteiger partial charge in [-0.2, -0.15) is 5.10 Å². The van der Waals surface area contributed by atoms with Gasteiger partial charge in [-0.05, 0) is 48.9 Å². The second-order valence-electron chi connectivity index (χ2n) is 6.12. The molecule has 1 aliphatic heterocycles. The van der Waals surface area contributed by atoms with E-state index in [0.29, 0.717) is 17.8 Å². The van der Waals surface area contributed by atoms with Crippen molar-refractivity contribution in [1.29, 1.82) is 0 Å². The zero-order chi connectivity index (χ0) is 17.6. The van der Waals surface area contributed by atoms with Gasteiger partial charge in [-0.3, -0.25) is 9.48 Å². The number of anilines is 3. The zero-order valence-electron chi connectivity index (χ0n) is 13.9. The maximum Gasteiger partial charge on any atom is 0.323 e. The molecule has 4 rings (SSSR count). The predicted octanol–water partition coefficient (Wildman–Crippen LogP) is 3.02. The second-order valence-corrected chi connectivity index (χ2v) is 6.12. The fourth-order valence-electron chi connectivity index (χ4n) is 3.01. The molecule has 1 aliphatic rings. The highest BCUT2D eigenvalue weighted by Crippen LogP contribution is 2.26. The molecule has 25 heavy (non-hydrogen) atoms. The minimum absolute atomic E-state index is 0.0319. The van der Waals surface area contributed by atoms with E-state index in [1.807, 2.05) is 36.9 Å². The summed E-state index contributed by atoms with van der Waals surface area (Å²) in [6.07, 6.45) is 0.335. The van der Waals surface area contributed by atoms with E-state index >= 15 is 0 Å². The maximum absolute atomic E-state index is 12.2. The summed E-state index contributed by atoms with van der Waals surface area (Å²) >= 11 is 0. The van der Waals surface area contributed by atoms with Crippen molar-refractivity contribution in [2.75, 3.05) is 16.0 Å². The third kappa shape index (κ3) is 2.80. The van der Waals surface area contributed by atoms with Crippen molar-refractivity contribution in [3.8, 4) is 0 Å². The lowest BCUT2D eigenvalue weighted by molar-refractivity contribution is -0.115. The van der Waals surface area contributed by atoms with Crippen molar-refractivity contribution in [1.82, 2.24) is 9.78 Å². The minimum Gasteiger partial charge on any atom is -0.326 e. The van der Waals surface area contributed by atoms with Crippen molar-refractivity contribution in [2.24, 2.45) is 7.05 Å². The van der Waals surface area contributed by atoms with Gasteiger partial charge in [0.1, 0.15) is 0 Å². The molecular weight excluding hydrogens is 318 g/mol. The average Bonchev–Trinajstić information content (AvgIpc) is 3.06. The first kappa shape index (κ1) is 15.2. The molecule has 0 aliphatic carbocycles. The molecule has 126 valence electrons. The Labute approximate surface area is 144 Å². The van der Waals surface area contributed by atoms with Crippen LogP contribution in [0.4, 0.5) is 21.9 Å². The molecular formula is C18H17N5O2. The third-order valence-electron chi connectivity index (χ3n) is 4.38. The lowest BCUT2D eigenvalue weighted by atomic mass is 10.1. The smallest absolute Gasteiger partial charge is 0.323 e. The Kier molecular flexibility index (Phi) is 3.42. The third-order valence-corrected chi connectivity index (χ3v) is 4.38. The van der Waals surface area contributed by atoms with Gasteiger partial charge in [0.25, 0.3) is 0 Å². The molecule has 0 saturated heterocycles. The number of amides is 3.